The predicted molar refractivity (Wildman–Crippen MR) is 76.0 cm³/mol. The van der Waals surface area contributed by atoms with Gasteiger partial charge in [-0.3, -0.25) is 4.79 Å². The monoisotopic (exact) mass is 267 g/mol. The standard InChI is InChI=1S/C16H17N3O/c17-10-12(15(20)11-6-2-1-3-7-11)16-18-13-8-4-5-9-14(13)19-16/h4-5,8-9,11-12H,1-3,6-7H2,(H,18,19)/t12-/m1/s1. The van der Waals surface area contributed by atoms with E-state index >= 15 is 0 Å². The van der Waals surface area contributed by atoms with Gasteiger partial charge in [0, 0.05) is 5.92 Å². The summed E-state index contributed by atoms with van der Waals surface area (Å²) in [4.78, 5) is 20.0. The van der Waals surface area contributed by atoms with Crippen LogP contribution in [0.1, 0.15) is 43.8 Å². The third-order valence-corrected chi connectivity index (χ3v) is 4.10. The second-order valence-electron chi connectivity index (χ2n) is 5.44. The molecule has 0 aliphatic heterocycles. The fraction of sp³-hybridized carbons (Fsp3) is 0.438. The van der Waals surface area contributed by atoms with Crippen LogP contribution in [0.4, 0.5) is 0 Å². The summed E-state index contributed by atoms with van der Waals surface area (Å²) in [5.74, 6) is -0.206. The smallest absolute Gasteiger partial charge is 0.162 e. The number of hydrogen-bond acceptors (Lipinski definition) is 3. The molecule has 4 heteroatoms. The molecule has 1 fully saturated rings. The number of ketones is 1. The molecular formula is C16H17N3O. The van der Waals surface area contributed by atoms with Gasteiger partial charge >= 0.3 is 0 Å². The van der Waals surface area contributed by atoms with E-state index < -0.39 is 5.92 Å². The molecule has 0 amide bonds. The molecule has 0 bridgehead atoms. The Hall–Kier alpha value is -2.15. The minimum absolute atomic E-state index is 0.0293. The first kappa shape index (κ1) is 12.9. The zero-order valence-electron chi connectivity index (χ0n) is 11.3. The zero-order valence-corrected chi connectivity index (χ0v) is 11.3. The van der Waals surface area contributed by atoms with Crippen molar-refractivity contribution in [1.82, 2.24) is 9.97 Å². The van der Waals surface area contributed by atoms with Gasteiger partial charge in [-0.05, 0) is 25.0 Å². The average molecular weight is 267 g/mol. The Morgan fingerprint density at radius 2 is 2.05 bits per heavy atom. The highest BCUT2D eigenvalue weighted by molar-refractivity contribution is 5.90. The minimum atomic E-state index is -0.759. The Bertz CT molecular complexity index is 629. The lowest BCUT2D eigenvalue weighted by Crippen LogP contribution is -2.24. The molecule has 1 N–H and O–H groups in total. The zero-order chi connectivity index (χ0) is 13.9. The normalized spacial score (nSPS) is 17.8. The van der Waals surface area contributed by atoms with Crippen molar-refractivity contribution in [2.24, 2.45) is 5.92 Å². The Labute approximate surface area is 117 Å². The van der Waals surface area contributed by atoms with Crippen LogP contribution in [0, 0.1) is 17.2 Å². The highest BCUT2D eigenvalue weighted by atomic mass is 16.1. The van der Waals surface area contributed by atoms with E-state index in [9.17, 15) is 10.1 Å². The second-order valence-corrected chi connectivity index (χ2v) is 5.44. The van der Waals surface area contributed by atoms with E-state index in [4.69, 9.17) is 0 Å². The molecule has 1 heterocycles. The number of imidazole rings is 1. The van der Waals surface area contributed by atoms with Gasteiger partial charge in [-0.2, -0.15) is 5.26 Å². The maximum atomic E-state index is 12.5. The lowest BCUT2D eigenvalue weighted by atomic mass is 9.82. The minimum Gasteiger partial charge on any atom is -0.340 e. The van der Waals surface area contributed by atoms with Gasteiger partial charge in [0.2, 0.25) is 0 Å². The van der Waals surface area contributed by atoms with Gasteiger partial charge < -0.3 is 4.98 Å². The van der Waals surface area contributed by atoms with Crippen LogP contribution in [0.25, 0.3) is 11.0 Å². The van der Waals surface area contributed by atoms with Crippen molar-refractivity contribution in [3.63, 3.8) is 0 Å². The maximum absolute atomic E-state index is 12.5. The number of nitrogens with zero attached hydrogens (tertiary/aromatic N) is 2. The molecule has 1 aliphatic rings. The van der Waals surface area contributed by atoms with Gasteiger partial charge in [0.25, 0.3) is 0 Å². The van der Waals surface area contributed by atoms with Crippen molar-refractivity contribution >= 4 is 16.8 Å². The number of nitriles is 1. The second kappa shape index (κ2) is 5.46. The first-order valence-electron chi connectivity index (χ1n) is 7.17. The molecular weight excluding hydrogens is 250 g/mol. The number of hydrogen-bond donors (Lipinski definition) is 1. The maximum Gasteiger partial charge on any atom is 0.162 e. The fourth-order valence-electron chi connectivity index (χ4n) is 2.99. The van der Waals surface area contributed by atoms with E-state index in [1.54, 1.807) is 0 Å². The molecule has 1 saturated carbocycles. The molecule has 20 heavy (non-hydrogen) atoms. The Balaban J connectivity index is 1.89. The number of aromatic nitrogens is 2. The summed E-state index contributed by atoms with van der Waals surface area (Å²) < 4.78 is 0. The van der Waals surface area contributed by atoms with Crippen LogP contribution >= 0.6 is 0 Å². The number of rotatable bonds is 3. The summed E-state index contributed by atoms with van der Waals surface area (Å²) in [5, 5.41) is 9.37. The van der Waals surface area contributed by atoms with E-state index in [2.05, 4.69) is 16.0 Å². The summed E-state index contributed by atoms with van der Waals surface area (Å²) in [5.41, 5.74) is 1.68. The SMILES string of the molecule is N#C[C@H](C(=O)C1CCCCC1)c1nc2ccccc2[nH]1. The highest BCUT2D eigenvalue weighted by Gasteiger charge is 2.31. The van der Waals surface area contributed by atoms with Crippen LogP contribution in [0.3, 0.4) is 0 Å². The molecule has 4 nitrogen and oxygen atoms in total. The summed E-state index contributed by atoms with van der Waals surface area (Å²) in [6.45, 7) is 0. The number of Topliss-reactive ketones (excluding diaryl/α,β-unsaturated/α-hetero) is 1. The third-order valence-electron chi connectivity index (χ3n) is 4.10. The Morgan fingerprint density at radius 1 is 1.30 bits per heavy atom. The van der Waals surface area contributed by atoms with Crippen LogP contribution in [0.15, 0.2) is 24.3 Å². The first-order chi connectivity index (χ1) is 9.79. The summed E-state index contributed by atoms with van der Waals surface area (Å²) in [6.07, 6.45) is 5.21. The van der Waals surface area contributed by atoms with Crippen LogP contribution in [-0.4, -0.2) is 15.8 Å². The van der Waals surface area contributed by atoms with Crippen molar-refractivity contribution in [3.8, 4) is 6.07 Å². The number of para-hydroxylation sites is 2. The van der Waals surface area contributed by atoms with Crippen molar-refractivity contribution < 1.29 is 4.79 Å². The van der Waals surface area contributed by atoms with Crippen molar-refractivity contribution in [2.45, 2.75) is 38.0 Å². The Morgan fingerprint density at radius 3 is 2.75 bits per heavy atom. The van der Waals surface area contributed by atoms with E-state index in [0.717, 1.165) is 36.7 Å². The largest absolute Gasteiger partial charge is 0.340 e. The molecule has 2 aromatic rings. The number of carbonyl (C=O) groups is 1. The molecule has 0 unspecified atom stereocenters. The van der Waals surface area contributed by atoms with Crippen LogP contribution in [0.2, 0.25) is 0 Å². The van der Waals surface area contributed by atoms with Gasteiger partial charge in [-0.25, -0.2) is 4.98 Å². The number of benzene rings is 1. The number of H-pyrrole nitrogens is 1. The Kier molecular flexibility index (Phi) is 3.51. The molecule has 0 saturated heterocycles. The summed E-state index contributed by atoms with van der Waals surface area (Å²) in [7, 11) is 0. The first-order valence-corrected chi connectivity index (χ1v) is 7.17. The molecule has 1 aromatic carbocycles. The van der Waals surface area contributed by atoms with Crippen molar-refractivity contribution in [3.05, 3.63) is 30.1 Å². The molecule has 102 valence electrons. The highest BCUT2D eigenvalue weighted by Crippen LogP contribution is 2.29. The van der Waals surface area contributed by atoms with E-state index in [-0.39, 0.29) is 11.7 Å². The van der Waals surface area contributed by atoms with Gasteiger partial charge in [-0.1, -0.05) is 31.4 Å². The van der Waals surface area contributed by atoms with Gasteiger partial charge in [-0.15, -0.1) is 0 Å². The predicted octanol–water partition coefficient (Wildman–Crippen LogP) is 3.32. The molecule has 0 spiro atoms. The van der Waals surface area contributed by atoms with Crippen molar-refractivity contribution in [2.75, 3.05) is 0 Å². The van der Waals surface area contributed by atoms with E-state index in [1.807, 2.05) is 24.3 Å². The number of nitrogens with one attached hydrogen (secondary N) is 1. The molecule has 1 atom stereocenters. The average Bonchev–Trinajstić information content (AvgIpc) is 2.92. The summed E-state index contributed by atoms with van der Waals surface area (Å²) in [6, 6.07) is 9.74. The molecule has 1 aromatic heterocycles. The third kappa shape index (κ3) is 2.32. The van der Waals surface area contributed by atoms with E-state index in [0.29, 0.717) is 5.82 Å². The lowest BCUT2D eigenvalue weighted by Gasteiger charge is -2.21. The van der Waals surface area contributed by atoms with Gasteiger partial charge in [0.15, 0.2) is 11.7 Å². The van der Waals surface area contributed by atoms with Gasteiger partial charge in [0.1, 0.15) is 5.82 Å². The van der Waals surface area contributed by atoms with Crippen LogP contribution < -0.4 is 0 Å². The molecule has 0 radical (unpaired) electrons. The van der Waals surface area contributed by atoms with Gasteiger partial charge in [0.05, 0.1) is 17.1 Å². The molecule has 3 rings (SSSR count). The van der Waals surface area contributed by atoms with Crippen LogP contribution in [0.5, 0.6) is 0 Å². The molecule has 1 aliphatic carbocycles. The lowest BCUT2D eigenvalue weighted by molar-refractivity contribution is -0.124. The quantitative estimate of drug-likeness (QED) is 0.927. The number of fused-ring (bicyclic) bond motifs is 1. The number of aromatic amines is 1. The van der Waals surface area contributed by atoms with E-state index in [1.165, 1.54) is 6.42 Å². The summed E-state index contributed by atoms with van der Waals surface area (Å²) >= 11 is 0. The topological polar surface area (TPSA) is 69.5 Å². The fourth-order valence-corrected chi connectivity index (χ4v) is 2.99. The number of carbonyl (C=O) groups excluding carboxylic acids is 1. The van der Waals surface area contributed by atoms with Crippen LogP contribution in [-0.2, 0) is 4.79 Å². The van der Waals surface area contributed by atoms with Crippen molar-refractivity contribution in [1.29, 1.82) is 5.26 Å².